The molecule has 0 radical (unpaired) electrons. The van der Waals surface area contributed by atoms with Crippen LogP contribution in [0.4, 0.5) is 0 Å². The van der Waals surface area contributed by atoms with Gasteiger partial charge in [-0.1, -0.05) is 13.8 Å². The van der Waals surface area contributed by atoms with Gasteiger partial charge in [-0.05, 0) is 24.8 Å². The molecule has 0 aromatic heterocycles. The van der Waals surface area contributed by atoms with Crippen LogP contribution in [0.25, 0.3) is 0 Å². The monoisotopic (exact) mass is 158 g/mol. The van der Waals surface area contributed by atoms with Gasteiger partial charge in [0.25, 0.3) is 0 Å². The first-order valence-corrected chi connectivity index (χ1v) is 3.66. The number of carbonyl (C=O) groups is 1. The molecule has 0 spiro atoms. The van der Waals surface area contributed by atoms with Crippen molar-refractivity contribution in [3.05, 3.63) is 11.8 Å². The SMILES string of the molecule is CC(C)CCC=C(O)C(=O)O. The van der Waals surface area contributed by atoms with E-state index in [9.17, 15) is 4.79 Å². The van der Waals surface area contributed by atoms with Gasteiger partial charge in [0.15, 0.2) is 5.76 Å². The van der Waals surface area contributed by atoms with Gasteiger partial charge in [0.2, 0.25) is 0 Å². The highest BCUT2D eigenvalue weighted by Gasteiger charge is 2.01. The van der Waals surface area contributed by atoms with E-state index < -0.39 is 11.7 Å². The molecule has 0 aliphatic rings. The molecule has 64 valence electrons. The lowest BCUT2D eigenvalue weighted by molar-refractivity contribution is -0.135. The molecule has 0 atom stereocenters. The maximum absolute atomic E-state index is 10.1. The van der Waals surface area contributed by atoms with Gasteiger partial charge in [-0.15, -0.1) is 0 Å². The highest BCUT2D eigenvalue weighted by Crippen LogP contribution is 2.05. The third kappa shape index (κ3) is 5.45. The van der Waals surface area contributed by atoms with Crippen molar-refractivity contribution in [2.75, 3.05) is 0 Å². The van der Waals surface area contributed by atoms with Crippen LogP contribution in [0.2, 0.25) is 0 Å². The van der Waals surface area contributed by atoms with Crippen molar-refractivity contribution in [3.8, 4) is 0 Å². The molecule has 0 fully saturated rings. The number of aliphatic hydroxyl groups excluding tert-OH is 1. The van der Waals surface area contributed by atoms with Crippen LogP contribution >= 0.6 is 0 Å². The van der Waals surface area contributed by atoms with Gasteiger partial charge in [-0.25, -0.2) is 4.79 Å². The van der Waals surface area contributed by atoms with Gasteiger partial charge < -0.3 is 10.2 Å². The first kappa shape index (κ1) is 10.0. The van der Waals surface area contributed by atoms with E-state index in [2.05, 4.69) is 0 Å². The molecule has 0 bridgehead atoms. The standard InChI is InChI=1S/C8H14O3/c1-6(2)4-3-5-7(9)8(10)11/h5-6,9H,3-4H2,1-2H3,(H,10,11). The van der Waals surface area contributed by atoms with Crippen molar-refractivity contribution < 1.29 is 15.0 Å². The molecule has 3 nitrogen and oxygen atoms in total. The lowest BCUT2D eigenvalue weighted by Gasteiger charge is -1.99. The van der Waals surface area contributed by atoms with Crippen LogP contribution in [-0.4, -0.2) is 16.2 Å². The van der Waals surface area contributed by atoms with Crippen molar-refractivity contribution in [2.24, 2.45) is 5.92 Å². The van der Waals surface area contributed by atoms with Gasteiger partial charge in [0.05, 0.1) is 0 Å². The largest absolute Gasteiger partial charge is 0.502 e. The number of aliphatic hydroxyl groups is 1. The third-order valence-corrected chi connectivity index (χ3v) is 1.30. The van der Waals surface area contributed by atoms with E-state index in [0.717, 1.165) is 6.42 Å². The summed E-state index contributed by atoms with van der Waals surface area (Å²) >= 11 is 0. The van der Waals surface area contributed by atoms with Gasteiger partial charge in [0.1, 0.15) is 0 Å². The summed E-state index contributed by atoms with van der Waals surface area (Å²) in [5.74, 6) is -1.27. The van der Waals surface area contributed by atoms with Gasteiger partial charge in [-0.2, -0.15) is 0 Å². The molecule has 0 aliphatic carbocycles. The van der Waals surface area contributed by atoms with Crippen molar-refractivity contribution in [2.45, 2.75) is 26.7 Å². The minimum absolute atomic E-state index is 0.535. The molecule has 0 heterocycles. The third-order valence-electron chi connectivity index (χ3n) is 1.30. The summed E-state index contributed by atoms with van der Waals surface area (Å²) in [4.78, 5) is 10.1. The summed E-state index contributed by atoms with van der Waals surface area (Å²) in [5.41, 5.74) is 0. The van der Waals surface area contributed by atoms with Gasteiger partial charge >= 0.3 is 5.97 Å². The molecule has 2 N–H and O–H groups in total. The Morgan fingerprint density at radius 1 is 1.45 bits per heavy atom. The topological polar surface area (TPSA) is 57.5 Å². The molecule has 0 unspecified atom stereocenters. The summed E-state index contributed by atoms with van der Waals surface area (Å²) in [5, 5.41) is 16.9. The molecule has 0 amide bonds. The second-order valence-electron chi connectivity index (χ2n) is 2.87. The summed E-state index contributed by atoms with van der Waals surface area (Å²) in [7, 11) is 0. The Balaban J connectivity index is 3.65. The molecule has 0 rings (SSSR count). The molecular formula is C8H14O3. The number of aliphatic carboxylic acids is 1. The molecule has 0 aliphatic heterocycles. The van der Waals surface area contributed by atoms with E-state index in [1.807, 2.05) is 13.8 Å². The minimum atomic E-state index is -1.26. The molecule has 3 heteroatoms. The lowest BCUT2D eigenvalue weighted by Crippen LogP contribution is -1.98. The zero-order chi connectivity index (χ0) is 8.85. The number of hydrogen-bond donors (Lipinski definition) is 2. The van der Waals surface area contributed by atoms with E-state index in [1.165, 1.54) is 6.08 Å². The van der Waals surface area contributed by atoms with Crippen LogP contribution < -0.4 is 0 Å². The molecule has 0 aromatic carbocycles. The van der Waals surface area contributed by atoms with Crippen LogP contribution in [0.5, 0.6) is 0 Å². The molecule has 0 saturated heterocycles. The number of carboxylic acids is 1. The average molecular weight is 158 g/mol. The summed E-state index contributed by atoms with van der Waals surface area (Å²) in [6.07, 6.45) is 2.86. The van der Waals surface area contributed by atoms with Crippen molar-refractivity contribution in [1.29, 1.82) is 0 Å². The normalized spacial score (nSPS) is 12.1. The van der Waals surface area contributed by atoms with Crippen LogP contribution in [0, 0.1) is 5.92 Å². The van der Waals surface area contributed by atoms with E-state index in [0.29, 0.717) is 12.3 Å². The fourth-order valence-corrected chi connectivity index (χ4v) is 0.641. The fourth-order valence-electron chi connectivity index (χ4n) is 0.641. The molecular weight excluding hydrogens is 144 g/mol. The predicted molar refractivity (Wildman–Crippen MR) is 42.4 cm³/mol. The Bertz CT molecular complexity index is 159. The van der Waals surface area contributed by atoms with Crippen molar-refractivity contribution >= 4 is 5.97 Å². The maximum Gasteiger partial charge on any atom is 0.370 e. The molecule has 11 heavy (non-hydrogen) atoms. The average Bonchev–Trinajstić information content (AvgIpc) is 1.86. The second-order valence-corrected chi connectivity index (χ2v) is 2.87. The Labute approximate surface area is 66.4 Å². The highest BCUT2D eigenvalue weighted by atomic mass is 16.4. The summed E-state index contributed by atoms with van der Waals surface area (Å²) in [6, 6.07) is 0. The predicted octanol–water partition coefficient (Wildman–Crippen LogP) is 1.95. The first-order valence-electron chi connectivity index (χ1n) is 3.66. The number of carboxylic acid groups (broad SMARTS) is 1. The first-order chi connectivity index (χ1) is 5.04. The smallest absolute Gasteiger partial charge is 0.370 e. The van der Waals surface area contributed by atoms with Crippen LogP contribution in [0.15, 0.2) is 11.8 Å². The molecule has 0 saturated carbocycles. The zero-order valence-corrected chi connectivity index (χ0v) is 6.87. The van der Waals surface area contributed by atoms with E-state index in [-0.39, 0.29) is 0 Å². The lowest BCUT2D eigenvalue weighted by atomic mass is 10.1. The number of rotatable bonds is 4. The molecule has 0 aromatic rings. The van der Waals surface area contributed by atoms with E-state index in [1.54, 1.807) is 0 Å². The summed E-state index contributed by atoms with van der Waals surface area (Å²) in [6.45, 7) is 4.09. The van der Waals surface area contributed by atoms with Crippen LogP contribution in [-0.2, 0) is 4.79 Å². The Hall–Kier alpha value is -0.990. The Morgan fingerprint density at radius 2 is 2.00 bits per heavy atom. The fraction of sp³-hybridized carbons (Fsp3) is 0.625. The second kappa shape index (κ2) is 4.77. The maximum atomic E-state index is 10.1. The Kier molecular flexibility index (Phi) is 4.34. The van der Waals surface area contributed by atoms with Gasteiger partial charge in [-0.3, -0.25) is 0 Å². The van der Waals surface area contributed by atoms with E-state index in [4.69, 9.17) is 10.2 Å². The summed E-state index contributed by atoms with van der Waals surface area (Å²) < 4.78 is 0. The van der Waals surface area contributed by atoms with E-state index >= 15 is 0 Å². The van der Waals surface area contributed by atoms with Crippen molar-refractivity contribution in [3.63, 3.8) is 0 Å². The number of hydrogen-bond acceptors (Lipinski definition) is 2. The zero-order valence-electron chi connectivity index (χ0n) is 6.87. The van der Waals surface area contributed by atoms with Crippen molar-refractivity contribution in [1.82, 2.24) is 0 Å². The highest BCUT2D eigenvalue weighted by molar-refractivity contribution is 5.83. The Morgan fingerprint density at radius 3 is 2.36 bits per heavy atom. The number of allylic oxidation sites excluding steroid dienone is 1. The minimum Gasteiger partial charge on any atom is -0.502 e. The quantitative estimate of drug-likeness (QED) is 0.485. The van der Waals surface area contributed by atoms with Crippen LogP contribution in [0.1, 0.15) is 26.7 Å². The van der Waals surface area contributed by atoms with Gasteiger partial charge in [0, 0.05) is 0 Å². The van der Waals surface area contributed by atoms with Crippen LogP contribution in [0.3, 0.4) is 0 Å².